The van der Waals surface area contributed by atoms with E-state index in [2.05, 4.69) is 12.1 Å². The second-order valence-electron chi connectivity index (χ2n) is 8.24. The van der Waals surface area contributed by atoms with E-state index < -0.39 is 0 Å². The predicted octanol–water partition coefficient (Wildman–Crippen LogP) is 5.66. The molecule has 0 saturated carbocycles. The minimum Gasteiger partial charge on any atom is -0.507 e. The van der Waals surface area contributed by atoms with E-state index in [0.717, 1.165) is 65.5 Å². The average Bonchev–Trinajstić information content (AvgIpc) is 3.30. The minimum atomic E-state index is -0.324. The lowest BCUT2D eigenvalue weighted by atomic mass is 9.88. The third-order valence-electron chi connectivity index (χ3n) is 6.23. The maximum Gasteiger partial charge on any atom is 0.339 e. The number of hydrogen-bond donors (Lipinski definition) is 1. The van der Waals surface area contributed by atoms with Crippen molar-refractivity contribution >= 4 is 11.0 Å². The summed E-state index contributed by atoms with van der Waals surface area (Å²) in [5, 5.41) is 16.3. The number of fused-ring (bicyclic) bond motifs is 3. The van der Waals surface area contributed by atoms with Crippen molar-refractivity contribution in [1.29, 1.82) is 0 Å². The molecule has 0 saturated heterocycles. The van der Waals surface area contributed by atoms with Gasteiger partial charge in [0.25, 0.3) is 0 Å². The Kier molecular flexibility index (Phi) is 5.21. The van der Waals surface area contributed by atoms with E-state index in [4.69, 9.17) is 13.7 Å². The third-order valence-corrected chi connectivity index (χ3v) is 6.23. The summed E-state index contributed by atoms with van der Waals surface area (Å²) >= 11 is 0. The Morgan fingerprint density at radius 2 is 1.84 bits per heavy atom. The number of phenolic OH excluding ortho intramolecular Hbond substituents is 1. The Morgan fingerprint density at radius 3 is 2.56 bits per heavy atom. The maximum atomic E-state index is 12.8. The van der Waals surface area contributed by atoms with Crippen molar-refractivity contribution in [3.63, 3.8) is 0 Å². The Bertz CT molecular complexity index is 1350. The van der Waals surface area contributed by atoms with Crippen LogP contribution in [0.15, 0.2) is 50.1 Å². The highest BCUT2D eigenvalue weighted by atomic mass is 16.5. The van der Waals surface area contributed by atoms with Crippen molar-refractivity contribution in [2.75, 3.05) is 7.11 Å². The van der Waals surface area contributed by atoms with Gasteiger partial charge in [-0.3, -0.25) is 0 Å². The first-order chi connectivity index (χ1) is 15.6. The van der Waals surface area contributed by atoms with Gasteiger partial charge in [0.15, 0.2) is 11.3 Å². The van der Waals surface area contributed by atoms with Crippen molar-refractivity contribution in [1.82, 2.24) is 5.16 Å². The standard InChI is InChI=1S/C26H25NO5/c1-3-6-16-13-20-18-7-4-5-8-19(18)26(29)31-25(20)23(24(16)28)21-14-22(32-27-21)15-9-11-17(30-2)12-10-15/h9-14,28H,3-8H2,1-2H3. The highest BCUT2D eigenvalue weighted by Crippen LogP contribution is 2.42. The van der Waals surface area contributed by atoms with Gasteiger partial charge in [-0.1, -0.05) is 18.5 Å². The summed E-state index contributed by atoms with van der Waals surface area (Å²) in [5.74, 6) is 1.39. The molecule has 0 amide bonds. The fourth-order valence-corrected chi connectivity index (χ4v) is 4.61. The van der Waals surface area contributed by atoms with Crippen LogP contribution in [-0.4, -0.2) is 17.4 Å². The van der Waals surface area contributed by atoms with Crippen LogP contribution in [-0.2, 0) is 19.3 Å². The molecule has 1 N–H and O–H groups in total. The van der Waals surface area contributed by atoms with Crippen LogP contribution in [0.5, 0.6) is 11.5 Å². The molecule has 2 heterocycles. The summed E-state index contributed by atoms with van der Waals surface area (Å²) in [4.78, 5) is 12.8. The van der Waals surface area contributed by atoms with Crippen molar-refractivity contribution < 1.29 is 18.8 Å². The molecule has 1 aliphatic carbocycles. The van der Waals surface area contributed by atoms with Crippen LogP contribution in [0.3, 0.4) is 0 Å². The Hall–Kier alpha value is -3.54. The van der Waals surface area contributed by atoms with Gasteiger partial charge in [-0.2, -0.15) is 0 Å². The van der Waals surface area contributed by atoms with Gasteiger partial charge in [0.05, 0.1) is 12.7 Å². The van der Waals surface area contributed by atoms with E-state index in [1.54, 1.807) is 13.2 Å². The molecule has 0 aliphatic heterocycles. The van der Waals surface area contributed by atoms with E-state index in [9.17, 15) is 9.90 Å². The summed E-state index contributed by atoms with van der Waals surface area (Å²) in [6.07, 6.45) is 5.20. The van der Waals surface area contributed by atoms with Crippen LogP contribution in [0.4, 0.5) is 0 Å². The molecule has 4 aromatic rings. The van der Waals surface area contributed by atoms with E-state index in [-0.39, 0.29) is 11.4 Å². The summed E-state index contributed by atoms with van der Waals surface area (Å²) < 4.78 is 16.6. The summed E-state index contributed by atoms with van der Waals surface area (Å²) in [7, 11) is 1.62. The number of methoxy groups -OCH3 is 1. The number of hydrogen-bond acceptors (Lipinski definition) is 6. The molecule has 0 fully saturated rings. The quantitative estimate of drug-likeness (QED) is 0.410. The van der Waals surface area contributed by atoms with Gasteiger partial charge in [0.1, 0.15) is 17.2 Å². The van der Waals surface area contributed by atoms with Crippen LogP contribution in [0.25, 0.3) is 33.6 Å². The molecule has 2 aromatic heterocycles. The lowest BCUT2D eigenvalue weighted by Crippen LogP contribution is -2.16. The van der Waals surface area contributed by atoms with Gasteiger partial charge in [-0.15, -0.1) is 0 Å². The molecule has 6 nitrogen and oxygen atoms in total. The van der Waals surface area contributed by atoms with E-state index >= 15 is 0 Å². The maximum absolute atomic E-state index is 12.8. The number of aromatic hydroxyl groups is 1. The monoisotopic (exact) mass is 431 g/mol. The van der Waals surface area contributed by atoms with Crippen molar-refractivity contribution in [3.05, 3.63) is 63.5 Å². The number of rotatable bonds is 5. The van der Waals surface area contributed by atoms with Crippen LogP contribution in [0, 0.1) is 0 Å². The molecule has 0 unspecified atom stereocenters. The number of benzene rings is 2. The number of aromatic nitrogens is 1. The minimum absolute atomic E-state index is 0.0906. The first-order valence-corrected chi connectivity index (χ1v) is 11.1. The molecule has 0 bridgehead atoms. The summed E-state index contributed by atoms with van der Waals surface area (Å²) in [6.45, 7) is 2.07. The molecule has 5 rings (SSSR count). The molecule has 0 spiro atoms. The average molecular weight is 431 g/mol. The number of aryl methyl sites for hydroxylation is 2. The van der Waals surface area contributed by atoms with Gasteiger partial charge >= 0.3 is 5.63 Å². The van der Waals surface area contributed by atoms with Crippen molar-refractivity contribution in [2.45, 2.75) is 45.4 Å². The molecule has 164 valence electrons. The smallest absolute Gasteiger partial charge is 0.339 e. The van der Waals surface area contributed by atoms with Crippen molar-refractivity contribution in [3.8, 4) is 34.1 Å². The lowest BCUT2D eigenvalue weighted by molar-refractivity contribution is 0.414. The molecular formula is C26H25NO5. The van der Waals surface area contributed by atoms with Crippen LogP contribution in [0.2, 0.25) is 0 Å². The highest BCUT2D eigenvalue weighted by molar-refractivity contribution is 5.98. The third kappa shape index (κ3) is 3.36. The second kappa shape index (κ2) is 8.19. The first-order valence-electron chi connectivity index (χ1n) is 11.1. The zero-order chi connectivity index (χ0) is 22.2. The zero-order valence-corrected chi connectivity index (χ0v) is 18.2. The molecule has 32 heavy (non-hydrogen) atoms. The Labute approximate surface area is 185 Å². The molecule has 0 atom stereocenters. The van der Waals surface area contributed by atoms with Gasteiger partial charge in [-0.25, -0.2) is 4.79 Å². The van der Waals surface area contributed by atoms with Crippen LogP contribution in [0.1, 0.15) is 42.9 Å². The van der Waals surface area contributed by atoms with E-state index in [1.165, 1.54) is 0 Å². The van der Waals surface area contributed by atoms with Crippen molar-refractivity contribution in [2.24, 2.45) is 0 Å². The fraction of sp³-hybridized carbons (Fsp3) is 0.308. The lowest BCUT2D eigenvalue weighted by Gasteiger charge is -2.18. The largest absolute Gasteiger partial charge is 0.507 e. The van der Waals surface area contributed by atoms with Gasteiger partial charge in [0.2, 0.25) is 0 Å². The number of ether oxygens (including phenoxy) is 1. The molecule has 1 aliphatic rings. The number of nitrogens with zero attached hydrogens (tertiary/aromatic N) is 1. The molecule has 2 aromatic carbocycles. The topological polar surface area (TPSA) is 85.7 Å². The molecular weight excluding hydrogens is 406 g/mol. The van der Waals surface area contributed by atoms with E-state index in [1.807, 2.05) is 30.3 Å². The summed E-state index contributed by atoms with van der Waals surface area (Å²) in [6, 6.07) is 11.2. The SMILES string of the molecule is CCCc1cc2c3c(c(=O)oc2c(-c2cc(-c4ccc(OC)cc4)on2)c1O)CCCC3. The fourth-order valence-electron chi connectivity index (χ4n) is 4.61. The predicted molar refractivity (Wildman–Crippen MR) is 122 cm³/mol. The van der Waals surface area contributed by atoms with Gasteiger partial charge in [-0.05, 0) is 73.6 Å². The van der Waals surface area contributed by atoms with Gasteiger partial charge in [0, 0.05) is 22.6 Å². The molecule has 0 radical (unpaired) electrons. The first kappa shape index (κ1) is 20.4. The van der Waals surface area contributed by atoms with Crippen LogP contribution < -0.4 is 10.4 Å². The second-order valence-corrected chi connectivity index (χ2v) is 8.24. The zero-order valence-electron chi connectivity index (χ0n) is 18.2. The van der Waals surface area contributed by atoms with Gasteiger partial charge < -0.3 is 18.8 Å². The van der Waals surface area contributed by atoms with E-state index in [0.29, 0.717) is 29.0 Å². The molecule has 6 heteroatoms. The Morgan fingerprint density at radius 1 is 1.09 bits per heavy atom. The Balaban J connectivity index is 1.72. The normalized spacial score (nSPS) is 13.3. The van der Waals surface area contributed by atoms with Crippen LogP contribution >= 0.6 is 0 Å². The number of phenols is 1. The highest BCUT2D eigenvalue weighted by Gasteiger charge is 2.25. The summed E-state index contributed by atoms with van der Waals surface area (Å²) in [5.41, 5.74) is 4.37.